The predicted octanol–water partition coefficient (Wildman–Crippen LogP) is 2.82. The summed E-state index contributed by atoms with van der Waals surface area (Å²) in [4.78, 5) is 0. The van der Waals surface area contributed by atoms with Gasteiger partial charge >= 0.3 is 0 Å². The first-order valence-corrected chi connectivity index (χ1v) is 6.79. The van der Waals surface area contributed by atoms with E-state index in [2.05, 4.69) is 37.5 Å². The monoisotopic (exact) mass is 235 g/mol. The highest BCUT2D eigenvalue weighted by molar-refractivity contribution is 5.21. The van der Waals surface area contributed by atoms with Crippen LogP contribution in [0.4, 0.5) is 0 Å². The lowest BCUT2D eigenvalue weighted by molar-refractivity contribution is 0.229. The van der Waals surface area contributed by atoms with Gasteiger partial charge in [-0.05, 0) is 38.6 Å². The summed E-state index contributed by atoms with van der Waals surface area (Å²) < 4.78 is 1.93. The molecule has 1 N–H and O–H groups in total. The number of hydrogen-bond acceptors (Lipinski definition) is 2. The third kappa shape index (κ3) is 2.71. The molecule has 1 heterocycles. The van der Waals surface area contributed by atoms with Crippen molar-refractivity contribution in [3.05, 3.63) is 17.5 Å². The van der Waals surface area contributed by atoms with E-state index in [1.807, 2.05) is 11.7 Å². The summed E-state index contributed by atoms with van der Waals surface area (Å²) in [7, 11) is 4.09. The average Bonchev–Trinajstić information content (AvgIpc) is 2.59. The number of nitrogens with one attached hydrogen (secondary N) is 1. The van der Waals surface area contributed by atoms with Gasteiger partial charge in [0.15, 0.2) is 0 Å². The molecule has 17 heavy (non-hydrogen) atoms. The van der Waals surface area contributed by atoms with Crippen LogP contribution in [0.2, 0.25) is 0 Å². The van der Waals surface area contributed by atoms with Gasteiger partial charge in [0, 0.05) is 24.8 Å². The highest BCUT2D eigenvalue weighted by Crippen LogP contribution is 2.37. The van der Waals surface area contributed by atoms with E-state index >= 15 is 0 Å². The van der Waals surface area contributed by atoms with Crippen molar-refractivity contribution < 1.29 is 0 Å². The minimum atomic E-state index is 0.478. The van der Waals surface area contributed by atoms with Gasteiger partial charge in [0.25, 0.3) is 0 Å². The molecule has 96 valence electrons. The van der Waals surface area contributed by atoms with Crippen LogP contribution in [-0.4, -0.2) is 16.8 Å². The Morgan fingerprint density at radius 2 is 2.24 bits per heavy atom. The molecule has 2 rings (SSSR count). The second kappa shape index (κ2) is 5.21. The van der Waals surface area contributed by atoms with Crippen molar-refractivity contribution in [2.75, 3.05) is 7.05 Å². The molecule has 3 nitrogen and oxygen atoms in total. The molecule has 3 unspecified atom stereocenters. The molecular weight excluding hydrogens is 210 g/mol. The zero-order chi connectivity index (χ0) is 12.4. The molecule has 1 aromatic rings. The Morgan fingerprint density at radius 1 is 1.47 bits per heavy atom. The maximum Gasteiger partial charge on any atom is 0.0641 e. The van der Waals surface area contributed by atoms with E-state index in [4.69, 9.17) is 0 Å². The lowest BCUT2D eigenvalue weighted by atomic mass is 9.77. The van der Waals surface area contributed by atoms with Gasteiger partial charge in [-0.1, -0.05) is 19.8 Å². The lowest BCUT2D eigenvalue weighted by Gasteiger charge is -2.33. The van der Waals surface area contributed by atoms with Crippen molar-refractivity contribution in [2.24, 2.45) is 18.9 Å². The fourth-order valence-electron chi connectivity index (χ4n) is 3.35. The van der Waals surface area contributed by atoms with Gasteiger partial charge in [0.1, 0.15) is 0 Å². The number of hydrogen-bond donors (Lipinski definition) is 1. The standard InChI is InChI=1S/C14H25N3/c1-10-6-5-7-12(8-10)14(15-3)13-9-17(4)16-11(13)2/h9-10,12,14-15H,5-8H2,1-4H3. The predicted molar refractivity (Wildman–Crippen MR) is 70.9 cm³/mol. The van der Waals surface area contributed by atoms with Crippen LogP contribution in [0.5, 0.6) is 0 Å². The number of aromatic nitrogens is 2. The third-order valence-electron chi connectivity index (χ3n) is 4.15. The van der Waals surface area contributed by atoms with Crippen LogP contribution in [-0.2, 0) is 7.05 Å². The summed E-state index contributed by atoms with van der Waals surface area (Å²) in [6.07, 6.45) is 7.65. The van der Waals surface area contributed by atoms with Gasteiger partial charge < -0.3 is 5.32 Å². The van der Waals surface area contributed by atoms with E-state index < -0.39 is 0 Å². The number of rotatable bonds is 3. The first-order valence-electron chi connectivity index (χ1n) is 6.79. The molecule has 0 spiro atoms. The van der Waals surface area contributed by atoms with Crippen molar-refractivity contribution in [2.45, 2.75) is 45.6 Å². The maximum absolute atomic E-state index is 4.47. The van der Waals surface area contributed by atoms with E-state index in [0.29, 0.717) is 6.04 Å². The fourth-order valence-corrected chi connectivity index (χ4v) is 3.35. The van der Waals surface area contributed by atoms with Crippen LogP contribution < -0.4 is 5.32 Å². The Bertz CT molecular complexity index is 370. The van der Waals surface area contributed by atoms with Crippen molar-refractivity contribution in [1.29, 1.82) is 0 Å². The SMILES string of the molecule is CNC(c1cn(C)nc1C)C1CCCC(C)C1. The number of nitrogens with zero attached hydrogens (tertiary/aromatic N) is 2. The van der Waals surface area contributed by atoms with Gasteiger partial charge in [-0.3, -0.25) is 4.68 Å². The van der Waals surface area contributed by atoms with E-state index in [1.165, 1.54) is 36.9 Å². The van der Waals surface area contributed by atoms with Gasteiger partial charge in [0.05, 0.1) is 5.69 Å². The molecule has 1 aromatic heterocycles. The summed E-state index contributed by atoms with van der Waals surface area (Å²) in [5.41, 5.74) is 2.55. The highest BCUT2D eigenvalue weighted by Gasteiger charge is 2.28. The molecule has 0 aromatic carbocycles. The topological polar surface area (TPSA) is 29.9 Å². The summed E-state index contributed by atoms with van der Waals surface area (Å²) in [6.45, 7) is 4.50. The Labute approximate surface area is 105 Å². The minimum absolute atomic E-state index is 0.478. The van der Waals surface area contributed by atoms with Gasteiger partial charge in [-0.2, -0.15) is 5.10 Å². The van der Waals surface area contributed by atoms with E-state index in [1.54, 1.807) is 0 Å². The Morgan fingerprint density at radius 3 is 2.76 bits per heavy atom. The van der Waals surface area contributed by atoms with Gasteiger partial charge in [-0.25, -0.2) is 0 Å². The first kappa shape index (κ1) is 12.6. The molecule has 1 aliphatic carbocycles. The Kier molecular flexibility index (Phi) is 3.87. The van der Waals surface area contributed by atoms with E-state index in [0.717, 1.165) is 11.8 Å². The minimum Gasteiger partial charge on any atom is -0.313 e. The Balaban J connectivity index is 2.18. The first-order chi connectivity index (χ1) is 8.11. The molecule has 3 atom stereocenters. The largest absolute Gasteiger partial charge is 0.313 e. The number of aryl methyl sites for hydroxylation is 2. The van der Waals surface area contributed by atoms with E-state index in [9.17, 15) is 0 Å². The molecule has 1 aliphatic rings. The molecule has 0 radical (unpaired) electrons. The van der Waals surface area contributed by atoms with Crippen LogP contribution in [0, 0.1) is 18.8 Å². The molecule has 3 heteroatoms. The second-order valence-electron chi connectivity index (χ2n) is 5.64. The summed E-state index contributed by atoms with van der Waals surface area (Å²) in [5, 5.41) is 7.98. The second-order valence-corrected chi connectivity index (χ2v) is 5.64. The zero-order valence-electron chi connectivity index (χ0n) is 11.5. The average molecular weight is 235 g/mol. The molecule has 0 amide bonds. The smallest absolute Gasteiger partial charge is 0.0641 e. The third-order valence-corrected chi connectivity index (χ3v) is 4.15. The van der Waals surface area contributed by atoms with Gasteiger partial charge in [0.2, 0.25) is 0 Å². The summed E-state index contributed by atoms with van der Waals surface area (Å²) >= 11 is 0. The Hall–Kier alpha value is -0.830. The van der Waals surface area contributed by atoms with E-state index in [-0.39, 0.29) is 0 Å². The summed E-state index contributed by atoms with van der Waals surface area (Å²) in [5.74, 6) is 1.65. The lowest BCUT2D eigenvalue weighted by Crippen LogP contribution is -2.29. The van der Waals surface area contributed by atoms with Crippen molar-refractivity contribution >= 4 is 0 Å². The van der Waals surface area contributed by atoms with Crippen molar-refractivity contribution in [3.8, 4) is 0 Å². The van der Waals surface area contributed by atoms with Gasteiger partial charge in [-0.15, -0.1) is 0 Å². The van der Waals surface area contributed by atoms with Crippen LogP contribution in [0.3, 0.4) is 0 Å². The molecular formula is C14H25N3. The molecule has 0 aliphatic heterocycles. The normalized spacial score (nSPS) is 27.1. The molecule has 1 fully saturated rings. The van der Waals surface area contributed by atoms with Crippen molar-refractivity contribution in [3.63, 3.8) is 0 Å². The quantitative estimate of drug-likeness (QED) is 0.873. The zero-order valence-corrected chi connectivity index (χ0v) is 11.5. The van der Waals surface area contributed by atoms with Crippen LogP contribution >= 0.6 is 0 Å². The maximum atomic E-state index is 4.47. The fraction of sp³-hybridized carbons (Fsp3) is 0.786. The van der Waals surface area contributed by atoms with Crippen molar-refractivity contribution in [1.82, 2.24) is 15.1 Å². The molecule has 0 saturated heterocycles. The highest BCUT2D eigenvalue weighted by atomic mass is 15.3. The molecule has 0 bridgehead atoms. The van der Waals surface area contributed by atoms with Crippen LogP contribution in [0.1, 0.15) is 49.9 Å². The summed E-state index contributed by atoms with van der Waals surface area (Å²) in [6, 6.07) is 0.478. The van der Waals surface area contributed by atoms with Crippen LogP contribution in [0.15, 0.2) is 6.20 Å². The molecule has 1 saturated carbocycles. The van der Waals surface area contributed by atoms with Crippen LogP contribution in [0.25, 0.3) is 0 Å².